The van der Waals surface area contributed by atoms with Crippen molar-refractivity contribution in [2.24, 2.45) is 0 Å². The highest BCUT2D eigenvalue weighted by atomic mass is 16.5. The Balaban J connectivity index is 2.11. The van der Waals surface area contributed by atoms with Crippen LogP contribution in [0.4, 0.5) is 0 Å². The maximum atomic E-state index is 8.95. The van der Waals surface area contributed by atoms with Gasteiger partial charge in [0, 0.05) is 17.0 Å². The first-order valence-electron chi connectivity index (χ1n) is 6.41. The van der Waals surface area contributed by atoms with Crippen LogP contribution < -0.4 is 20.7 Å². The van der Waals surface area contributed by atoms with Gasteiger partial charge in [0.25, 0.3) is 0 Å². The second kappa shape index (κ2) is 5.77. The van der Waals surface area contributed by atoms with E-state index in [9.17, 15) is 0 Å². The molecule has 0 amide bonds. The van der Waals surface area contributed by atoms with Gasteiger partial charge in [-0.3, -0.25) is 0 Å². The van der Waals surface area contributed by atoms with E-state index in [0.717, 1.165) is 27.5 Å². The molecular formula is C16H15NO3. The fraction of sp³-hybridized carbons (Fsp3) is 0.125. The van der Waals surface area contributed by atoms with Gasteiger partial charge >= 0.3 is 0 Å². The Hall–Kier alpha value is -2.30. The predicted molar refractivity (Wildman–Crippen MR) is 75.8 cm³/mol. The monoisotopic (exact) mass is 269 g/mol. The Morgan fingerprint density at radius 3 is 2.75 bits per heavy atom. The van der Waals surface area contributed by atoms with Crippen molar-refractivity contribution in [1.29, 1.82) is 0 Å². The molecule has 0 saturated heterocycles. The van der Waals surface area contributed by atoms with Crippen molar-refractivity contribution in [2.75, 3.05) is 13.2 Å². The molecule has 3 rings (SSSR count). The van der Waals surface area contributed by atoms with Gasteiger partial charge in [-0.05, 0) is 23.8 Å². The van der Waals surface area contributed by atoms with Crippen LogP contribution in [0.1, 0.15) is 0 Å². The smallest absolute Gasteiger partial charge is 0.135 e. The zero-order valence-corrected chi connectivity index (χ0v) is 10.9. The molecule has 0 aromatic heterocycles. The number of ether oxygens (including phenoxy) is 2. The Labute approximate surface area is 116 Å². The lowest BCUT2D eigenvalue weighted by atomic mass is 10.1. The number of hydrogen-bond donors (Lipinski definition) is 2. The minimum atomic E-state index is 0.343. The van der Waals surface area contributed by atoms with Crippen molar-refractivity contribution in [2.45, 2.75) is 0 Å². The van der Waals surface area contributed by atoms with Crippen molar-refractivity contribution >= 4 is 11.8 Å². The number of hydrogen-bond acceptors (Lipinski definition) is 4. The van der Waals surface area contributed by atoms with Gasteiger partial charge in [-0.15, -0.1) is 0 Å². The quantitative estimate of drug-likeness (QED) is 0.823. The van der Waals surface area contributed by atoms with E-state index in [2.05, 4.69) is 5.48 Å². The van der Waals surface area contributed by atoms with Gasteiger partial charge in [-0.25, -0.2) is 5.48 Å². The molecule has 4 nitrogen and oxygen atoms in total. The lowest BCUT2D eigenvalue weighted by molar-refractivity contribution is 0.178. The molecule has 2 aromatic carbocycles. The number of fused-ring (bicyclic) bond motifs is 1. The molecule has 4 heteroatoms. The molecule has 0 spiro atoms. The van der Waals surface area contributed by atoms with Gasteiger partial charge in [0.15, 0.2) is 0 Å². The number of hydroxylamine groups is 1. The molecule has 0 radical (unpaired) electrons. The van der Waals surface area contributed by atoms with Crippen molar-refractivity contribution in [1.82, 2.24) is 5.48 Å². The average Bonchev–Trinajstić information content (AvgIpc) is 2.49. The van der Waals surface area contributed by atoms with E-state index in [0.29, 0.717) is 13.2 Å². The third kappa shape index (κ3) is 2.52. The molecule has 0 atom stereocenters. The van der Waals surface area contributed by atoms with Gasteiger partial charge in [0.05, 0.1) is 6.26 Å². The summed E-state index contributed by atoms with van der Waals surface area (Å²) in [4.78, 5) is 0. The molecule has 0 fully saturated rings. The molecular weight excluding hydrogens is 254 g/mol. The van der Waals surface area contributed by atoms with Crippen LogP contribution in [0.15, 0.2) is 48.5 Å². The number of benzene rings is 2. The van der Waals surface area contributed by atoms with Crippen LogP contribution in [-0.2, 0) is 4.74 Å². The van der Waals surface area contributed by atoms with E-state index in [4.69, 9.17) is 14.7 Å². The topological polar surface area (TPSA) is 50.7 Å². The predicted octanol–water partition coefficient (Wildman–Crippen LogP) is 1.38. The SMILES string of the molecule is ONCC1=c2c(Oc3ccccc3)cccc2=COC1. The van der Waals surface area contributed by atoms with Crippen LogP contribution >= 0.6 is 0 Å². The van der Waals surface area contributed by atoms with Crippen LogP contribution in [-0.4, -0.2) is 18.4 Å². The first kappa shape index (κ1) is 12.7. The van der Waals surface area contributed by atoms with Crippen molar-refractivity contribution < 1.29 is 14.7 Å². The molecule has 2 N–H and O–H groups in total. The van der Waals surface area contributed by atoms with Gasteiger partial charge in [-0.1, -0.05) is 30.3 Å². The second-order valence-corrected chi connectivity index (χ2v) is 4.50. The average molecular weight is 269 g/mol. The minimum absolute atomic E-state index is 0.343. The second-order valence-electron chi connectivity index (χ2n) is 4.50. The van der Waals surface area contributed by atoms with E-state index >= 15 is 0 Å². The molecule has 1 aliphatic rings. The van der Waals surface area contributed by atoms with E-state index in [1.165, 1.54) is 0 Å². The minimum Gasteiger partial charge on any atom is -0.496 e. The van der Waals surface area contributed by atoms with Crippen LogP contribution in [0.5, 0.6) is 11.5 Å². The van der Waals surface area contributed by atoms with Crippen molar-refractivity contribution in [3.63, 3.8) is 0 Å². The van der Waals surface area contributed by atoms with E-state index in [1.807, 2.05) is 48.5 Å². The summed E-state index contributed by atoms with van der Waals surface area (Å²) < 4.78 is 11.3. The molecule has 20 heavy (non-hydrogen) atoms. The van der Waals surface area contributed by atoms with E-state index in [1.54, 1.807) is 6.26 Å². The molecule has 0 unspecified atom stereocenters. The summed E-state index contributed by atoms with van der Waals surface area (Å²) in [5.41, 5.74) is 3.14. The number of nitrogens with one attached hydrogen (secondary N) is 1. The Kier molecular flexibility index (Phi) is 3.67. The first-order chi connectivity index (χ1) is 9.88. The Morgan fingerprint density at radius 2 is 1.95 bits per heavy atom. The summed E-state index contributed by atoms with van der Waals surface area (Å²) in [5.74, 6) is 1.54. The molecule has 0 saturated carbocycles. The fourth-order valence-corrected chi connectivity index (χ4v) is 2.26. The van der Waals surface area contributed by atoms with E-state index < -0.39 is 0 Å². The first-order valence-corrected chi connectivity index (χ1v) is 6.41. The highest BCUT2D eigenvalue weighted by molar-refractivity contribution is 5.55. The molecule has 0 bridgehead atoms. The largest absolute Gasteiger partial charge is 0.496 e. The lowest BCUT2D eigenvalue weighted by Gasteiger charge is -2.15. The van der Waals surface area contributed by atoms with E-state index in [-0.39, 0.29) is 0 Å². The summed E-state index contributed by atoms with van der Waals surface area (Å²) in [5, 5.41) is 10.9. The zero-order valence-electron chi connectivity index (χ0n) is 10.9. The molecule has 1 aliphatic heterocycles. The fourth-order valence-electron chi connectivity index (χ4n) is 2.26. The number of rotatable bonds is 4. The molecule has 2 aromatic rings. The van der Waals surface area contributed by atoms with Crippen LogP contribution in [0.3, 0.4) is 0 Å². The van der Waals surface area contributed by atoms with Crippen molar-refractivity contribution in [3.8, 4) is 11.5 Å². The Bertz CT molecular complexity index is 710. The lowest BCUT2D eigenvalue weighted by Crippen LogP contribution is -2.35. The summed E-state index contributed by atoms with van der Waals surface area (Å²) >= 11 is 0. The summed E-state index contributed by atoms with van der Waals surface area (Å²) in [6, 6.07) is 15.4. The van der Waals surface area contributed by atoms with Gasteiger partial charge < -0.3 is 14.7 Å². The summed E-state index contributed by atoms with van der Waals surface area (Å²) in [6.45, 7) is 0.783. The van der Waals surface area contributed by atoms with Crippen LogP contribution in [0.25, 0.3) is 11.8 Å². The summed E-state index contributed by atoms with van der Waals surface area (Å²) in [6.07, 6.45) is 1.72. The van der Waals surface area contributed by atoms with Crippen LogP contribution in [0.2, 0.25) is 0 Å². The maximum Gasteiger partial charge on any atom is 0.135 e. The highest BCUT2D eigenvalue weighted by Crippen LogP contribution is 2.17. The molecule has 102 valence electrons. The molecule has 0 aliphatic carbocycles. The maximum absolute atomic E-state index is 8.95. The highest BCUT2D eigenvalue weighted by Gasteiger charge is 2.10. The van der Waals surface area contributed by atoms with Crippen molar-refractivity contribution in [3.05, 3.63) is 59.0 Å². The van der Waals surface area contributed by atoms with Crippen LogP contribution in [0, 0.1) is 0 Å². The summed E-state index contributed by atoms with van der Waals surface area (Å²) in [7, 11) is 0. The van der Waals surface area contributed by atoms with Gasteiger partial charge in [-0.2, -0.15) is 0 Å². The van der Waals surface area contributed by atoms with Gasteiger partial charge in [0.1, 0.15) is 18.1 Å². The zero-order chi connectivity index (χ0) is 13.8. The molecule has 1 heterocycles. The van der Waals surface area contributed by atoms with Gasteiger partial charge in [0.2, 0.25) is 0 Å². The Morgan fingerprint density at radius 1 is 1.10 bits per heavy atom. The standard InChI is InChI=1S/C16H15NO3/c18-17-9-13-11-19-10-12-5-4-8-15(16(12)13)20-14-6-2-1-3-7-14/h1-8,10,17-18H,9,11H2. The third-order valence-electron chi connectivity index (χ3n) is 3.14. The number of para-hydroxylation sites is 1. The third-order valence-corrected chi connectivity index (χ3v) is 3.14. The normalized spacial score (nSPS) is 13.2.